The molecule has 0 rings (SSSR count). The highest BCUT2D eigenvalue weighted by molar-refractivity contribution is 5.77. The van der Waals surface area contributed by atoms with E-state index < -0.39 is 11.6 Å². The summed E-state index contributed by atoms with van der Waals surface area (Å²) in [6, 6.07) is 0. The summed E-state index contributed by atoms with van der Waals surface area (Å²) < 4.78 is 5.03. The molecule has 5 heteroatoms. The van der Waals surface area contributed by atoms with Gasteiger partial charge in [-0.25, -0.2) is 4.79 Å². The molecule has 0 aliphatic carbocycles. The lowest BCUT2D eigenvalue weighted by Gasteiger charge is -2.21. The smallest absolute Gasteiger partial charge is 0.347 e. The number of carbonyl (C=O) groups is 3. The molecule has 82 valence electrons. The molecule has 0 amide bonds. The van der Waals surface area contributed by atoms with Gasteiger partial charge in [-0.2, -0.15) is 0 Å². The molecule has 0 aliphatic rings. The van der Waals surface area contributed by atoms with Gasteiger partial charge >= 0.3 is 5.97 Å². The summed E-state index contributed by atoms with van der Waals surface area (Å²) in [5.41, 5.74) is -1.46. The van der Waals surface area contributed by atoms with Crippen LogP contribution < -0.4 is 0 Å². The summed E-state index contributed by atoms with van der Waals surface area (Å²) in [5, 5.41) is 8.75. The minimum Gasteiger partial charge on any atom is -0.478 e. The van der Waals surface area contributed by atoms with Gasteiger partial charge in [-0.1, -0.05) is 0 Å². The third-order valence-corrected chi connectivity index (χ3v) is 1.46. The zero-order chi connectivity index (χ0) is 11.9. The maximum Gasteiger partial charge on any atom is 0.347 e. The van der Waals surface area contributed by atoms with E-state index in [-0.39, 0.29) is 5.76 Å². The van der Waals surface area contributed by atoms with Gasteiger partial charge < -0.3 is 9.84 Å². The van der Waals surface area contributed by atoms with Crippen molar-refractivity contribution in [1.29, 1.82) is 0 Å². The van der Waals surface area contributed by atoms with E-state index in [9.17, 15) is 14.4 Å². The van der Waals surface area contributed by atoms with Gasteiger partial charge in [0.2, 0.25) is 0 Å². The second kappa shape index (κ2) is 5.74. The molecule has 0 spiro atoms. The fourth-order valence-electron chi connectivity index (χ4n) is 0.663. The number of aliphatic carboxylic acids is 1. The van der Waals surface area contributed by atoms with Gasteiger partial charge in [0, 0.05) is 6.08 Å². The Labute approximate surface area is 87.0 Å². The van der Waals surface area contributed by atoms with Crippen LogP contribution in [0, 0.1) is 0 Å². The third kappa shape index (κ3) is 4.75. The molecular formula is C10H12O5. The largest absolute Gasteiger partial charge is 0.478 e. The van der Waals surface area contributed by atoms with E-state index in [1.54, 1.807) is 0 Å². The average molecular weight is 212 g/mol. The Balaban J connectivity index is 4.76. The zero-order valence-electron chi connectivity index (χ0n) is 8.47. The van der Waals surface area contributed by atoms with E-state index >= 15 is 0 Å². The Hall–Kier alpha value is -1.91. The minimum absolute atomic E-state index is 0.0181. The van der Waals surface area contributed by atoms with E-state index in [0.29, 0.717) is 12.6 Å². The highest BCUT2D eigenvalue weighted by atomic mass is 16.5. The van der Waals surface area contributed by atoms with Crippen molar-refractivity contribution in [2.45, 2.75) is 19.4 Å². The van der Waals surface area contributed by atoms with Gasteiger partial charge in [0.1, 0.15) is 18.3 Å². The van der Waals surface area contributed by atoms with Crippen molar-refractivity contribution in [2.75, 3.05) is 0 Å². The Morgan fingerprint density at radius 3 is 2.27 bits per heavy atom. The van der Waals surface area contributed by atoms with E-state index in [0.717, 1.165) is 12.2 Å². The van der Waals surface area contributed by atoms with Gasteiger partial charge in [-0.3, -0.25) is 9.59 Å². The van der Waals surface area contributed by atoms with E-state index in [1.807, 2.05) is 0 Å². The summed E-state index contributed by atoms with van der Waals surface area (Å²) in [4.78, 5) is 30.9. The number of hydrogen-bond donors (Lipinski definition) is 1. The molecule has 5 nitrogen and oxygen atoms in total. The number of carbonyl (C=O) groups excluding carboxylic acids is 2. The number of aldehydes is 2. The fourth-order valence-corrected chi connectivity index (χ4v) is 0.663. The molecule has 0 aliphatic heterocycles. The number of allylic oxidation sites excluding steroid dienone is 3. The first kappa shape index (κ1) is 13.1. The molecular weight excluding hydrogens is 200 g/mol. The lowest BCUT2D eigenvalue weighted by molar-refractivity contribution is -0.156. The van der Waals surface area contributed by atoms with Crippen LogP contribution in [0.3, 0.4) is 0 Å². The highest BCUT2D eigenvalue weighted by Gasteiger charge is 2.29. The maximum atomic E-state index is 10.7. The van der Waals surface area contributed by atoms with Crippen LogP contribution in [0.4, 0.5) is 0 Å². The van der Waals surface area contributed by atoms with Crippen LogP contribution in [0.2, 0.25) is 0 Å². The third-order valence-electron chi connectivity index (χ3n) is 1.46. The van der Waals surface area contributed by atoms with Crippen LogP contribution >= 0.6 is 0 Å². The molecule has 0 bridgehead atoms. The van der Waals surface area contributed by atoms with Crippen LogP contribution in [0.5, 0.6) is 0 Å². The first-order valence-electron chi connectivity index (χ1n) is 4.13. The van der Waals surface area contributed by atoms with Crippen LogP contribution in [0.15, 0.2) is 24.0 Å². The Morgan fingerprint density at radius 1 is 1.27 bits per heavy atom. The van der Waals surface area contributed by atoms with Crippen molar-refractivity contribution in [3.8, 4) is 0 Å². The van der Waals surface area contributed by atoms with Gasteiger partial charge in [0.05, 0.1) is 0 Å². The van der Waals surface area contributed by atoms with E-state index in [2.05, 4.69) is 0 Å². The molecule has 0 radical (unpaired) electrons. The summed E-state index contributed by atoms with van der Waals surface area (Å²) in [7, 11) is 0. The number of rotatable bonds is 6. The summed E-state index contributed by atoms with van der Waals surface area (Å²) in [6.45, 7) is 2.67. The Morgan fingerprint density at radius 2 is 1.87 bits per heavy atom. The standard InChI is InChI=1S/C10H12O5/c1-10(2,9(13)14)15-8(5-7-12)4-3-6-11/h3-7H,1-2H3,(H,13,14). The molecule has 1 N–H and O–H groups in total. The van der Waals surface area contributed by atoms with Gasteiger partial charge in [-0.05, 0) is 26.0 Å². The molecule has 0 aromatic heterocycles. The van der Waals surface area contributed by atoms with Crippen LogP contribution in [0.25, 0.3) is 0 Å². The second-order valence-electron chi connectivity index (χ2n) is 3.12. The van der Waals surface area contributed by atoms with Gasteiger partial charge in [0.25, 0.3) is 0 Å². The van der Waals surface area contributed by atoms with Crippen molar-refractivity contribution in [2.24, 2.45) is 0 Å². The van der Waals surface area contributed by atoms with Gasteiger partial charge in [-0.15, -0.1) is 0 Å². The number of carboxylic acids is 1. The Kier molecular flexibility index (Phi) is 5.01. The summed E-state index contributed by atoms with van der Waals surface area (Å²) >= 11 is 0. The molecule has 15 heavy (non-hydrogen) atoms. The number of ether oxygens (including phenoxy) is 1. The molecule has 0 aromatic rings. The summed E-state index contributed by atoms with van der Waals surface area (Å²) in [5.74, 6) is -1.15. The predicted octanol–water partition coefficient (Wildman–Crippen LogP) is 0.704. The van der Waals surface area contributed by atoms with Crippen molar-refractivity contribution in [3.63, 3.8) is 0 Å². The first-order chi connectivity index (χ1) is 6.94. The SMILES string of the molecule is CC(C)(OC(C=CC=O)=CC=O)C(=O)O. The topological polar surface area (TPSA) is 80.7 Å². The van der Waals surface area contributed by atoms with Crippen molar-refractivity contribution in [1.82, 2.24) is 0 Å². The molecule has 0 aromatic carbocycles. The molecule has 0 unspecified atom stereocenters. The maximum absolute atomic E-state index is 10.7. The molecule has 0 fully saturated rings. The molecule has 0 saturated carbocycles. The second-order valence-corrected chi connectivity index (χ2v) is 3.12. The quantitative estimate of drug-likeness (QED) is 0.303. The van der Waals surface area contributed by atoms with Crippen molar-refractivity contribution >= 4 is 18.5 Å². The molecule has 0 atom stereocenters. The fraction of sp³-hybridized carbons (Fsp3) is 0.300. The highest BCUT2D eigenvalue weighted by Crippen LogP contribution is 2.15. The van der Waals surface area contributed by atoms with Gasteiger partial charge in [0.15, 0.2) is 5.60 Å². The lowest BCUT2D eigenvalue weighted by atomic mass is 10.1. The van der Waals surface area contributed by atoms with Crippen LogP contribution in [-0.4, -0.2) is 29.2 Å². The van der Waals surface area contributed by atoms with E-state index in [1.165, 1.54) is 19.9 Å². The summed E-state index contributed by atoms with van der Waals surface area (Å²) in [6.07, 6.45) is 4.29. The van der Waals surface area contributed by atoms with Crippen molar-refractivity contribution < 1.29 is 24.2 Å². The first-order valence-corrected chi connectivity index (χ1v) is 4.13. The predicted molar refractivity (Wildman–Crippen MR) is 52.2 cm³/mol. The Bertz CT molecular complexity index is 312. The lowest BCUT2D eigenvalue weighted by Crippen LogP contribution is -2.34. The zero-order valence-corrected chi connectivity index (χ0v) is 8.47. The molecule has 0 heterocycles. The minimum atomic E-state index is -1.46. The normalized spacial score (nSPS) is 12.5. The number of hydrogen-bond acceptors (Lipinski definition) is 4. The van der Waals surface area contributed by atoms with Crippen LogP contribution in [0.1, 0.15) is 13.8 Å². The van der Waals surface area contributed by atoms with E-state index in [4.69, 9.17) is 9.84 Å². The average Bonchev–Trinajstić information content (AvgIpc) is 2.14. The monoisotopic (exact) mass is 212 g/mol. The number of carboxylic acid groups (broad SMARTS) is 1. The molecule has 0 saturated heterocycles. The van der Waals surface area contributed by atoms with Crippen LogP contribution in [-0.2, 0) is 19.1 Å². The van der Waals surface area contributed by atoms with Crippen molar-refractivity contribution in [3.05, 3.63) is 24.0 Å².